The highest BCUT2D eigenvalue weighted by Gasteiger charge is 2.25. The number of benzene rings is 2. The minimum Gasteiger partial charge on any atom is -0.426 e. The highest BCUT2D eigenvalue weighted by atomic mass is 33.5. The van der Waals surface area contributed by atoms with Crippen molar-refractivity contribution in [2.75, 3.05) is 0 Å². The number of rotatable bonds is 8. The second kappa shape index (κ2) is 12.7. The fourth-order valence-corrected chi connectivity index (χ4v) is 7.94. The molecule has 0 N–H and O–H groups in total. The van der Waals surface area contributed by atoms with Crippen molar-refractivity contribution in [1.29, 1.82) is 0 Å². The predicted molar refractivity (Wildman–Crippen MR) is 146 cm³/mol. The van der Waals surface area contributed by atoms with Crippen molar-refractivity contribution in [3.63, 3.8) is 0 Å². The molecule has 0 saturated heterocycles. The molecule has 0 fully saturated rings. The van der Waals surface area contributed by atoms with Crippen LogP contribution in [0.4, 0.5) is 0 Å². The van der Waals surface area contributed by atoms with Crippen molar-refractivity contribution in [2.24, 2.45) is 0 Å². The topological polar surface area (TPSA) is 105 Å². The van der Waals surface area contributed by atoms with E-state index in [1.807, 2.05) is 0 Å². The van der Waals surface area contributed by atoms with Crippen LogP contribution in [-0.4, -0.2) is 23.9 Å². The molecule has 0 saturated carbocycles. The van der Waals surface area contributed by atoms with Gasteiger partial charge in [-0.1, -0.05) is 0 Å². The molecule has 0 unspecified atom stereocenters. The Morgan fingerprint density at radius 2 is 0.676 bits per heavy atom. The first-order chi connectivity index (χ1) is 17.2. The Labute approximate surface area is 228 Å². The van der Waals surface area contributed by atoms with Crippen LogP contribution in [-0.2, 0) is 19.2 Å². The first kappa shape index (κ1) is 30.6. The lowest BCUT2D eigenvalue weighted by Crippen LogP contribution is -2.10. The highest BCUT2D eigenvalue weighted by molar-refractivity contribution is 9.09. The van der Waals surface area contributed by atoms with E-state index in [2.05, 4.69) is 0 Å². The van der Waals surface area contributed by atoms with E-state index in [9.17, 15) is 19.2 Å². The zero-order valence-corrected chi connectivity index (χ0v) is 24.9. The van der Waals surface area contributed by atoms with E-state index < -0.39 is 23.9 Å². The Bertz CT molecular complexity index is 1190. The first-order valence-corrected chi connectivity index (χ1v) is 14.7. The lowest BCUT2D eigenvalue weighted by molar-refractivity contribution is -0.133. The van der Waals surface area contributed by atoms with E-state index in [-0.39, 0.29) is 0 Å². The summed E-state index contributed by atoms with van der Waals surface area (Å²) in [5.74, 6) is -0.284. The van der Waals surface area contributed by atoms with E-state index in [0.29, 0.717) is 66.2 Å². The second-order valence-electron chi connectivity index (χ2n) is 8.33. The summed E-state index contributed by atoms with van der Waals surface area (Å²) in [6.45, 7) is 16.0. The van der Waals surface area contributed by atoms with Gasteiger partial charge in [0, 0.05) is 38.8 Å². The van der Waals surface area contributed by atoms with Crippen molar-refractivity contribution >= 4 is 55.3 Å². The molecule has 0 bridgehead atoms. The zero-order valence-electron chi connectivity index (χ0n) is 22.5. The van der Waals surface area contributed by atoms with Crippen LogP contribution in [0.1, 0.15) is 61.1 Å². The minimum atomic E-state index is -0.477. The third-order valence-corrected chi connectivity index (χ3v) is 9.57. The molecule has 0 amide bonds. The molecule has 0 spiro atoms. The summed E-state index contributed by atoms with van der Waals surface area (Å²) < 4.78 is 22.0. The maximum Gasteiger partial charge on any atom is 0.308 e. The van der Waals surface area contributed by atoms with Gasteiger partial charge in [0.2, 0.25) is 0 Å². The molecule has 0 aliphatic heterocycles. The molecule has 11 heteroatoms. The van der Waals surface area contributed by atoms with Crippen LogP contribution in [0, 0.1) is 41.5 Å². The van der Waals surface area contributed by atoms with Crippen LogP contribution < -0.4 is 18.9 Å². The smallest absolute Gasteiger partial charge is 0.308 e. The SMILES string of the molecule is CC(=O)Oc1c(C)c(C)c(OC(C)=O)c(SSSc2c(C)c(OC(C)=O)c(C)c(C)c2OC(C)=O)c1C. The number of carbonyl (C=O) groups excluding carboxylic acids is 4. The molecule has 2 aromatic rings. The number of esters is 4. The van der Waals surface area contributed by atoms with Crippen LogP contribution in [0.2, 0.25) is 0 Å². The normalized spacial score (nSPS) is 10.6. The molecule has 0 aliphatic rings. The first-order valence-electron chi connectivity index (χ1n) is 11.2. The number of ether oxygens (including phenoxy) is 4. The summed E-state index contributed by atoms with van der Waals surface area (Å²) in [4.78, 5) is 48.4. The summed E-state index contributed by atoms with van der Waals surface area (Å²) in [6, 6.07) is 0. The van der Waals surface area contributed by atoms with Crippen LogP contribution in [0.15, 0.2) is 9.79 Å². The molecule has 2 rings (SSSR count). The number of hydrogen-bond acceptors (Lipinski definition) is 11. The van der Waals surface area contributed by atoms with E-state index >= 15 is 0 Å². The summed E-state index contributed by atoms with van der Waals surface area (Å²) in [6.07, 6.45) is 0. The van der Waals surface area contributed by atoms with E-state index in [4.69, 9.17) is 18.9 Å². The molecule has 37 heavy (non-hydrogen) atoms. The van der Waals surface area contributed by atoms with Crippen molar-refractivity contribution in [3.8, 4) is 23.0 Å². The van der Waals surface area contributed by atoms with Gasteiger partial charge in [-0.3, -0.25) is 19.2 Å². The Hall–Kier alpha value is -2.63. The molecular weight excluding hydrogens is 536 g/mol. The van der Waals surface area contributed by atoms with Crippen molar-refractivity contribution in [1.82, 2.24) is 0 Å². The molecule has 0 heterocycles. The van der Waals surface area contributed by atoms with Gasteiger partial charge < -0.3 is 18.9 Å². The summed E-state index contributed by atoms with van der Waals surface area (Å²) in [5.41, 5.74) is 4.02. The van der Waals surface area contributed by atoms with Gasteiger partial charge in [-0.15, -0.1) is 0 Å². The van der Waals surface area contributed by atoms with Gasteiger partial charge in [-0.05, 0) is 95.2 Å². The third kappa shape index (κ3) is 7.24. The molecule has 2 aromatic carbocycles. The summed E-state index contributed by atoms with van der Waals surface area (Å²) >= 11 is 0. The molecule has 200 valence electrons. The largest absolute Gasteiger partial charge is 0.426 e. The fraction of sp³-hybridized carbons (Fsp3) is 0.385. The average Bonchev–Trinajstić information content (AvgIpc) is 2.79. The molecule has 0 atom stereocenters. The van der Waals surface area contributed by atoms with Gasteiger partial charge in [0.1, 0.15) is 23.0 Å². The van der Waals surface area contributed by atoms with Crippen molar-refractivity contribution < 1.29 is 38.1 Å². The number of carbonyl (C=O) groups is 4. The monoisotopic (exact) mass is 566 g/mol. The standard InChI is InChI=1S/C26H30O8S3/c1-11-13(3)23(33-19(9)29)25(15(5)21(11)31-17(7)27)35-37-36-26-16(6)22(32-18(8)28)12(2)14(4)24(26)34-20(10)30/h1-10H3. The van der Waals surface area contributed by atoms with Crippen LogP contribution >= 0.6 is 31.4 Å². The third-order valence-electron chi connectivity index (χ3n) is 5.48. The Morgan fingerprint density at radius 3 is 0.946 bits per heavy atom. The van der Waals surface area contributed by atoms with Gasteiger partial charge in [0.05, 0.1) is 9.79 Å². The average molecular weight is 567 g/mol. The Balaban J connectivity index is 2.58. The zero-order chi connectivity index (χ0) is 28.2. The maximum atomic E-state index is 11.9. The Morgan fingerprint density at radius 1 is 0.432 bits per heavy atom. The molecule has 0 aromatic heterocycles. The van der Waals surface area contributed by atoms with Gasteiger partial charge >= 0.3 is 23.9 Å². The lowest BCUT2D eigenvalue weighted by atomic mass is 10.0. The van der Waals surface area contributed by atoms with Gasteiger partial charge in [-0.25, -0.2) is 0 Å². The second-order valence-corrected chi connectivity index (χ2v) is 12.3. The van der Waals surface area contributed by atoms with Gasteiger partial charge in [0.25, 0.3) is 0 Å². The quantitative estimate of drug-likeness (QED) is 0.194. The van der Waals surface area contributed by atoms with Crippen molar-refractivity contribution in [3.05, 3.63) is 33.4 Å². The van der Waals surface area contributed by atoms with E-state index in [0.717, 1.165) is 0 Å². The molecule has 0 radical (unpaired) electrons. The number of hydrogen-bond donors (Lipinski definition) is 0. The van der Waals surface area contributed by atoms with Crippen molar-refractivity contribution in [2.45, 2.75) is 79.0 Å². The Kier molecular flexibility index (Phi) is 10.5. The minimum absolute atomic E-state index is 0.383. The van der Waals surface area contributed by atoms with Crippen LogP contribution in [0.5, 0.6) is 23.0 Å². The van der Waals surface area contributed by atoms with E-state index in [1.54, 1.807) is 41.5 Å². The van der Waals surface area contributed by atoms with E-state index in [1.165, 1.54) is 59.1 Å². The highest BCUT2D eigenvalue weighted by Crippen LogP contribution is 2.55. The molecule has 0 aliphatic carbocycles. The van der Waals surface area contributed by atoms with Gasteiger partial charge in [0.15, 0.2) is 0 Å². The molecule has 8 nitrogen and oxygen atoms in total. The van der Waals surface area contributed by atoms with Crippen LogP contribution in [0.25, 0.3) is 0 Å². The van der Waals surface area contributed by atoms with Gasteiger partial charge in [-0.2, -0.15) is 0 Å². The fourth-order valence-electron chi connectivity index (χ4n) is 3.54. The summed E-state index contributed by atoms with van der Waals surface area (Å²) in [7, 11) is 3.93. The molecular formula is C26H30O8S3. The maximum absolute atomic E-state index is 11.9. The van der Waals surface area contributed by atoms with Crippen LogP contribution in [0.3, 0.4) is 0 Å². The lowest BCUT2D eigenvalue weighted by Gasteiger charge is -2.21. The summed E-state index contributed by atoms with van der Waals surface area (Å²) in [5, 5.41) is 0. The predicted octanol–water partition coefficient (Wildman–Crippen LogP) is 6.69.